The summed E-state index contributed by atoms with van der Waals surface area (Å²) >= 11 is 0. The van der Waals surface area contributed by atoms with Gasteiger partial charge in [-0.15, -0.1) is 0 Å². The van der Waals surface area contributed by atoms with E-state index >= 15 is 0 Å². The van der Waals surface area contributed by atoms with Crippen molar-refractivity contribution in [3.05, 3.63) is 53.8 Å². The molecule has 5 N–H and O–H groups in total. The molecule has 0 saturated heterocycles. The number of phenolic OH excluding ortho intramolecular Hbond substituents is 1. The number of carboxylic acid groups (broad SMARTS) is 1. The maximum Gasteiger partial charge on any atom is 0.305 e. The average molecular weight is 346 g/mol. The van der Waals surface area contributed by atoms with E-state index in [0.29, 0.717) is 11.1 Å². The van der Waals surface area contributed by atoms with Crippen LogP contribution in [0.1, 0.15) is 12.0 Å². The number of hydrogen-bond donors (Lipinski definition) is 4. The lowest BCUT2D eigenvalue weighted by molar-refractivity contribution is -0.137. The molecule has 0 fully saturated rings. The summed E-state index contributed by atoms with van der Waals surface area (Å²) in [5, 5.41) is 21.9. The molecule has 0 spiro atoms. The molecule has 1 amide bonds. The van der Waals surface area contributed by atoms with Crippen LogP contribution in [0.15, 0.2) is 42.5 Å². The van der Waals surface area contributed by atoms with Gasteiger partial charge in [0.1, 0.15) is 11.6 Å². The van der Waals surface area contributed by atoms with Crippen LogP contribution in [0, 0.1) is 5.82 Å². The number of carbonyl (C=O) groups is 2. The van der Waals surface area contributed by atoms with Gasteiger partial charge in [0.2, 0.25) is 5.91 Å². The Hall–Kier alpha value is -2.93. The average Bonchev–Trinajstić information content (AvgIpc) is 2.58. The molecule has 132 valence electrons. The minimum absolute atomic E-state index is 0.0510. The highest BCUT2D eigenvalue weighted by Gasteiger charge is 2.21. The van der Waals surface area contributed by atoms with Gasteiger partial charge in [-0.2, -0.15) is 0 Å². The molecule has 2 aromatic carbocycles. The van der Waals surface area contributed by atoms with Crippen molar-refractivity contribution >= 4 is 11.9 Å². The van der Waals surface area contributed by atoms with Gasteiger partial charge in [0.05, 0.1) is 13.0 Å². The summed E-state index contributed by atoms with van der Waals surface area (Å²) in [5.41, 5.74) is 6.29. The highest BCUT2D eigenvalue weighted by molar-refractivity contribution is 5.79. The van der Waals surface area contributed by atoms with E-state index in [1.165, 1.54) is 12.1 Å². The molecule has 2 aromatic rings. The van der Waals surface area contributed by atoms with Gasteiger partial charge in [0.15, 0.2) is 0 Å². The van der Waals surface area contributed by atoms with Crippen LogP contribution in [-0.4, -0.2) is 34.7 Å². The Balaban J connectivity index is 2.36. The fraction of sp³-hybridized carbons (Fsp3) is 0.222. The highest BCUT2D eigenvalue weighted by Crippen LogP contribution is 2.34. The number of halogens is 1. The zero-order valence-corrected chi connectivity index (χ0v) is 13.4. The first-order chi connectivity index (χ1) is 11.9. The van der Waals surface area contributed by atoms with Gasteiger partial charge in [-0.25, -0.2) is 4.39 Å². The molecule has 6 nitrogen and oxygen atoms in total. The minimum atomic E-state index is -1.15. The lowest BCUT2D eigenvalue weighted by Crippen LogP contribution is -2.41. The molecular weight excluding hydrogens is 327 g/mol. The number of carboxylic acids is 1. The summed E-state index contributed by atoms with van der Waals surface area (Å²) in [6, 6.07) is 10.7. The van der Waals surface area contributed by atoms with E-state index in [-0.39, 0.29) is 24.3 Å². The van der Waals surface area contributed by atoms with E-state index < -0.39 is 30.2 Å². The van der Waals surface area contributed by atoms with Crippen molar-refractivity contribution in [2.24, 2.45) is 5.73 Å². The summed E-state index contributed by atoms with van der Waals surface area (Å²) in [6.07, 6.45) is -0.587. The van der Waals surface area contributed by atoms with Crippen LogP contribution in [0.4, 0.5) is 4.39 Å². The molecule has 0 aliphatic rings. The van der Waals surface area contributed by atoms with Gasteiger partial charge in [0, 0.05) is 17.2 Å². The number of phenols is 1. The number of nitrogens with two attached hydrogens (primary N) is 1. The second-order valence-electron chi connectivity index (χ2n) is 5.56. The summed E-state index contributed by atoms with van der Waals surface area (Å²) in [7, 11) is 0. The number of carbonyl (C=O) groups excluding carboxylic acids is 1. The molecule has 0 saturated carbocycles. The Morgan fingerprint density at radius 2 is 1.84 bits per heavy atom. The normalized spacial score (nSPS) is 11.8. The van der Waals surface area contributed by atoms with Gasteiger partial charge < -0.3 is 21.3 Å². The Morgan fingerprint density at radius 1 is 1.16 bits per heavy atom. The van der Waals surface area contributed by atoms with Crippen molar-refractivity contribution in [3.63, 3.8) is 0 Å². The summed E-state index contributed by atoms with van der Waals surface area (Å²) in [4.78, 5) is 22.5. The molecule has 0 bridgehead atoms. The number of aliphatic carboxylic acids is 1. The lowest BCUT2D eigenvalue weighted by atomic mass is 9.96. The molecule has 2 rings (SSSR count). The van der Waals surface area contributed by atoms with Crippen LogP contribution in [0.25, 0.3) is 11.1 Å². The molecule has 7 heteroatoms. The number of rotatable bonds is 7. The SMILES string of the molecule is NCC(=O)NC(CC(=O)O)Cc1c(F)ccc(-c2ccccc2)c1O. The number of hydrogen-bond acceptors (Lipinski definition) is 4. The van der Waals surface area contributed by atoms with E-state index in [0.717, 1.165) is 0 Å². The molecule has 1 atom stereocenters. The van der Waals surface area contributed by atoms with E-state index in [1.807, 2.05) is 6.07 Å². The van der Waals surface area contributed by atoms with Crippen molar-refractivity contribution in [1.29, 1.82) is 0 Å². The van der Waals surface area contributed by atoms with Crippen molar-refractivity contribution in [3.8, 4) is 16.9 Å². The van der Waals surface area contributed by atoms with E-state index in [9.17, 15) is 19.1 Å². The maximum absolute atomic E-state index is 14.2. The Kier molecular flexibility index (Phi) is 6.08. The van der Waals surface area contributed by atoms with Crippen molar-refractivity contribution < 1.29 is 24.2 Å². The second-order valence-corrected chi connectivity index (χ2v) is 5.56. The zero-order valence-electron chi connectivity index (χ0n) is 13.4. The third kappa shape index (κ3) is 4.77. The molecule has 0 heterocycles. The Morgan fingerprint density at radius 3 is 2.44 bits per heavy atom. The van der Waals surface area contributed by atoms with Crippen molar-refractivity contribution in [2.75, 3.05) is 6.54 Å². The smallest absolute Gasteiger partial charge is 0.305 e. The first-order valence-electron chi connectivity index (χ1n) is 7.69. The van der Waals surface area contributed by atoms with Crippen LogP contribution in [0.2, 0.25) is 0 Å². The van der Waals surface area contributed by atoms with Gasteiger partial charge in [-0.1, -0.05) is 30.3 Å². The number of aromatic hydroxyl groups is 1. The second kappa shape index (κ2) is 8.25. The van der Waals surface area contributed by atoms with Gasteiger partial charge >= 0.3 is 5.97 Å². The van der Waals surface area contributed by atoms with E-state index in [2.05, 4.69) is 5.32 Å². The number of nitrogens with one attached hydrogen (secondary N) is 1. The molecule has 0 aliphatic carbocycles. The molecule has 0 aromatic heterocycles. The van der Waals surface area contributed by atoms with Gasteiger partial charge in [-0.3, -0.25) is 9.59 Å². The lowest BCUT2D eigenvalue weighted by Gasteiger charge is -2.19. The third-order valence-electron chi connectivity index (χ3n) is 3.73. The summed E-state index contributed by atoms with van der Waals surface area (Å²) in [5.74, 6) is -2.65. The maximum atomic E-state index is 14.2. The van der Waals surface area contributed by atoms with Crippen LogP contribution < -0.4 is 11.1 Å². The largest absolute Gasteiger partial charge is 0.507 e. The highest BCUT2D eigenvalue weighted by atomic mass is 19.1. The number of benzene rings is 2. The molecule has 25 heavy (non-hydrogen) atoms. The summed E-state index contributed by atoms with van der Waals surface area (Å²) in [6.45, 7) is -0.311. The van der Waals surface area contributed by atoms with Crippen LogP contribution in [-0.2, 0) is 16.0 Å². The zero-order chi connectivity index (χ0) is 18.4. The fourth-order valence-corrected chi connectivity index (χ4v) is 2.57. The Labute approximate surface area is 144 Å². The minimum Gasteiger partial charge on any atom is -0.507 e. The van der Waals surface area contributed by atoms with E-state index in [4.69, 9.17) is 10.8 Å². The predicted octanol–water partition coefficient (Wildman–Crippen LogP) is 1.66. The molecule has 0 aliphatic heterocycles. The van der Waals surface area contributed by atoms with Gasteiger partial charge in [0.25, 0.3) is 0 Å². The summed E-state index contributed by atoms with van der Waals surface area (Å²) < 4.78 is 14.2. The van der Waals surface area contributed by atoms with Crippen molar-refractivity contribution in [2.45, 2.75) is 18.9 Å². The van der Waals surface area contributed by atoms with Crippen LogP contribution >= 0.6 is 0 Å². The standard InChI is InChI=1S/C18H19FN2O4/c19-15-7-6-13(11-4-2-1-3-5-11)18(25)14(15)8-12(9-17(23)24)21-16(22)10-20/h1-7,12,25H,8-10,20H2,(H,21,22)(H,23,24). The molecule has 0 radical (unpaired) electrons. The number of amides is 1. The third-order valence-corrected chi connectivity index (χ3v) is 3.73. The topological polar surface area (TPSA) is 113 Å². The Bertz CT molecular complexity index is 765. The molecular formula is C18H19FN2O4. The van der Waals surface area contributed by atoms with Crippen LogP contribution in [0.3, 0.4) is 0 Å². The monoisotopic (exact) mass is 346 g/mol. The fourth-order valence-electron chi connectivity index (χ4n) is 2.57. The van der Waals surface area contributed by atoms with Crippen molar-refractivity contribution in [1.82, 2.24) is 5.32 Å². The molecule has 1 unspecified atom stereocenters. The first-order valence-corrected chi connectivity index (χ1v) is 7.69. The van der Waals surface area contributed by atoms with Gasteiger partial charge in [-0.05, 0) is 24.1 Å². The predicted molar refractivity (Wildman–Crippen MR) is 90.4 cm³/mol. The van der Waals surface area contributed by atoms with E-state index in [1.54, 1.807) is 24.3 Å². The first kappa shape index (κ1) is 18.4. The van der Waals surface area contributed by atoms with Crippen LogP contribution in [0.5, 0.6) is 5.75 Å². The quantitative estimate of drug-likeness (QED) is 0.609.